The second kappa shape index (κ2) is 7.06. The zero-order valence-corrected chi connectivity index (χ0v) is 12.1. The van der Waals surface area contributed by atoms with Crippen LogP contribution in [0.2, 0.25) is 5.02 Å². The first-order valence-corrected chi connectivity index (χ1v) is 7.41. The van der Waals surface area contributed by atoms with Crippen LogP contribution >= 0.6 is 11.6 Å². The molecule has 8 heteroatoms. The number of nitrogens with two attached hydrogens (primary N) is 1. The maximum atomic E-state index is 12.5. The summed E-state index contributed by atoms with van der Waals surface area (Å²) in [4.78, 5) is -0.138. The Morgan fingerprint density at radius 2 is 2.11 bits per heavy atom. The van der Waals surface area contributed by atoms with E-state index >= 15 is 0 Å². The van der Waals surface area contributed by atoms with Crippen LogP contribution in [0.4, 0.5) is 5.69 Å². The lowest BCUT2D eigenvalue weighted by molar-refractivity contribution is 0.168. The summed E-state index contributed by atoms with van der Waals surface area (Å²) in [6.45, 7) is -0.0166. The SMILES string of the molecule is COCCN(CCO)S(=O)(=O)c1c(N)cccc1Cl. The van der Waals surface area contributed by atoms with Crippen molar-refractivity contribution in [2.24, 2.45) is 0 Å². The minimum atomic E-state index is -3.86. The summed E-state index contributed by atoms with van der Waals surface area (Å²) in [7, 11) is -2.39. The van der Waals surface area contributed by atoms with E-state index in [-0.39, 0.29) is 41.9 Å². The maximum Gasteiger partial charge on any atom is 0.246 e. The Morgan fingerprint density at radius 1 is 1.42 bits per heavy atom. The molecule has 1 aromatic rings. The van der Waals surface area contributed by atoms with Gasteiger partial charge in [-0.25, -0.2) is 8.42 Å². The number of aliphatic hydroxyl groups excluding tert-OH is 1. The Bertz CT molecular complexity index is 501. The summed E-state index contributed by atoms with van der Waals surface area (Å²) in [6.07, 6.45) is 0. The van der Waals surface area contributed by atoms with Crippen LogP contribution < -0.4 is 5.73 Å². The van der Waals surface area contributed by atoms with Crippen molar-refractivity contribution in [1.82, 2.24) is 4.31 Å². The monoisotopic (exact) mass is 308 g/mol. The number of halogens is 1. The van der Waals surface area contributed by atoms with Gasteiger partial charge in [-0.2, -0.15) is 4.31 Å². The Labute approximate surface area is 117 Å². The number of rotatable bonds is 7. The molecule has 0 aliphatic heterocycles. The molecule has 0 aliphatic rings. The van der Waals surface area contributed by atoms with Crippen LogP contribution in [0.15, 0.2) is 23.1 Å². The largest absolute Gasteiger partial charge is 0.398 e. The quantitative estimate of drug-likeness (QED) is 0.718. The van der Waals surface area contributed by atoms with Gasteiger partial charge in [-0.3, -0.25) is 0 Å². The van der Waals surface area contributed by atoms with Crippen LogP contribution in [0.5, 0.6) is 0 Å². The fourth-order valence-corrected chi connectivity index (χ4v) is 3.63. The van der Waals surface area contributed by atoms with E-state index < -0.39 is 10.0 Å². The summed E-state index contributed by atoms with van der Waals surface area (Å²) in [5.41, 5.74) is 5.76. The van der Waals surface area contributed by atoms with Gasteiger partial charge in [-0.1, -0.05) is 17.7 Å². The Hall–Kier alpha value is -0.860. The van der Waals surface area contributed by atoms with E-state index in [2.05, 4.69) is 0 Å². The number of benzene rings is 1. The van der Waals surface area contributed by atoms with E-state index in [0.29, 0.717) is 0 Å². The van der Waals surface area contributed by atoms with Crippen LogP contribution in [-0.2, 0) is 14.8 Å². The molecule has 0 atom stereocenters. The van der Waals surface area contributed by atoms with Gasteiger partial charge in [-0.05, 0) is 12.1 Å². The van der Waals surface area contributed by atoms with Gasteiger partial charge in [0.15, 0.2) is 0 Å². The molecule has 0 bridgehead atoms. The lowest BCUT2D eigenvalue weighted by atomic mass is 10.3. The Kier molecular flexibility index (Phi) is 6.02. The fraction of sp³-hybridized carbons (Fsp3) is 0.455. The van der Waals surface area contributed by atoms with Crippen molar-refractivity contribution in [3.05, 3.63) is 23.2 Å². The van der Waals surface area contributed by atoms with Gasteiger partial charge in [0.2, 0.25) is 10.0 Å². The maximum absolute atomic E-state index is 12.5. The first-order valence-electron chi connectivity index (χ1n) is 5.59. The topological polar surface area (TPSA) is 92.9 Å². The molecule has 108 valence electrons. The lowest BCUT2D eigenvalue weighted by Gasteiger charge is -2.22. The molecule has 0 aliphatic carbocycles. The molecule has 0 heterocycles. The minimum absolute atomic E-state index is 0.0453. The number of nitrogen functional groups attached to an aromatic ring is 1. The Balaban J connectivity index is 3.19. The summed E-state index contributed by atoms with van der Waals surface area (Å²) in [5, 5.41) is 9.03. The van der Waals surface area contributed by atoms with Crippen molar-refractivity contribution in [2.45, 2.75) is 4.90 Å². The van der Waals surface area contributed by atoms with Crippen molar-refractivity contribution in [3.8, 4) is 0 Å². The van der Waals surface area contributed by atoms with Crippen molar-refractivity contribution < 1.29 is 18.3 Å². The molecule has 1 rings (SSSR count). The van der Waals surface area contributed by atoms with E-state index in [1.165, 1.54) is 19.2 Å². The second-order valence-electron chi connectivity index (χ2n) is 3.78. The molecule has 0 spiro atoms. The zero-order chi connectivity index (χ0) is 14.5. The third kappa shape index (κ3) is 3.80. The number of anilines is 1. The van der Waals surface area contributed by atoms with Crippen LogP contribution in [0.1, 0.15) is 0 Å². The predicted molar refractivity (Wildman–Crippen MR) is 73.6 cm³/mol. The standard InChI is InChI=1S/C11H17ClN2O4S/c1-18-8-6-14(5-7-15)19(16,17)11-9(12)3-2-4-10(11)13/h2-4,15H,5-8,13H2,1H3. The van der Waals surface area contributed by atoms with E-state index in [0.717, 1.165) is 4.31 Å². The highest BCUT2D eigenvalue weighted by Crippen LogP contribution is 2.29. The van der Waals surface area contributed by atoms with Crippen molar-refractivity contribution in [2.75, 3.05) is 39.1 Å². The third-order valence-corrected chi connectivity index (χ3v) is 4.93. The van der Waals surface area contributed by atoms with Gasteiger partial charge in [0.25, 0.3) is 0 Å². The van der Waals surface area contributed by atoms with E-state index in [4.69, 9.17) is 27.2 Å². The van der Waals surface area contributed by atoms with Crippen LogP contribution in [-0.4, -0.2) is 51.2 Å². The molecule has 6 nitrogen and oxygen atoms in total. The van der Waals surface area contributed by atoms with Gasteiger partial charge < -0.3 is 15.6 Å². The van der Waals surface area contributed by atoms with Crippen LogP contribution in [0, 0.1) is 0 Å². The Morgan fingerprint density at radius 3 is 2.63 bits per heavy atom. The first-order chi connectivity index (χ1) is 8.95. The number of hydrogen-bond donors (Lipinski definition) is 2. The zero-order valence-electron chi connectivity index (χ0n) is 10.5. The number of hydrogen-bond acceptors (Lipinski definition) is 5. The van der Waals surface area contributed by atoms with Gasteiger partial charge in [0.05, 0.1) is 23.9 Å². The molecule has 0 saturated carbocycles. The van der Waals surface area contributed by atoms with Crippen molar-refractivity contribution in [3.63, 3.8) is 0 Å². The average Bonchev–Trinajstić information content (AvgIpc) is 2.33. The van der Waals surface area contributed by atoms with Gasteiger partial charge in [0, 0.05) is 20.2 Å². The second-order valence-corrected chi connectivity index (χ2v) is 6.06. The van der Waals surface area contributed by atoms with E-state index in [1.54, 1.807) is 6.07 Å². The normalized spacial score (nSPS) is 12.0. The van der Waals surface area contributed by atoms with E-state index in [1.807, 2.05) is 0 Å². The van der Waals surface area contributed by atoms with Gasteiger partial charge >= 0.3 is 0 Å². The van der Waals surface area contributed by atoms with Gasteiger partial charge in [-0.15, -0.1) is 0 Å². The molecular formula is C11H17ClN2O4S. The van der Waals surface area contributed by atoms with Crippen LogP contribution in [0.25, 0.3) is 0 Å². The van der Waals surface area contributed by atoms with Crippen LogP contribution in [0.3, 0.4) is 0 Å². The third-order valence-electron chi connectivity index (χ3n) is 2.49. The number of sulfonamides is 1. The fourth-order valence-electron chi connectivity index (χ4n) is 1.58. The molecule has 0 fully saturated rings. The minimum Gasteiger partial charge on any atom is -0.398 e. The van der Waals surface area contributed by atoms with E-state index in [9.17, 15) is 8.42 Å². The molecule has 1 aromatic carbocycles. The molecule has 0 saturated heterocycles. The highest BCUT2D eigenvalue weighted by molar-refractivity contribution is 7.89. The molecule has 0 aromatic heterocycles. The predicted octanol–water partition coefficient (Wildman–Crippen LogP) is 0.552. The lowest BCUT2D eigenvalue weighted by Crippen LogP contribution is -2.36. The molecule has 3 N–H and O–H groups in total. The summed E-state index contributed by atoms with van der Waals surface area (Å²) >= 11 is 5.91. The number of nitrogens with zero attached hydrogens (tertiary/aromatic N) is 1. The summed E-state index contributed by atoms with van der Waals surface area (Å²) < 4.78 is 30.9. The highest BCUT2D eigenvalue weighted by atomic mass is 35.5. The van der Waals surface area contributed by atoms with Crippen molar-refractivity contribution >= 4 is 27.3 Å². The smallest absolute Gasteiger partial charge is 0.246 e. The summed E-state index contributed by atoms with van der Waals surface area (Å²) in [6, 6.07) is 4.49. The molecular weight excluding hydrogens is 292 g/mol. The summed E-state index contributed by atoms with van der Waals surface area (Å²) in [5.74, 6) is 0. The van der Waals surface area contributed by atoms with Gasteiger partial charge in [0.1, 0.15) is 4.90 Å². The number of aliphatic hydroxyl groups is 1. The average molecular weight is 309 g/mol. The molecule has 19 heavy (non-hydrogen) atoms. The molecule has 0 radical (unpaired) electrons. The number of ether oxygens (including phenoxy) is 1. The number of methoxy groups -OCH3 is 1. The molecule has 0 unspecified atom stereocenters. The van der Waals surface area contributed by atoms with Crippen molar-refractivity contribution in [1.29, 1.82) is 0 Å². The highest BCUT2D eigenvalue weighted by Gasteiger charge is 2.28. The molecule has 0 amide bonds. The first kappa shape index (κ1) is 16.2.